The second kappa shape index (κ2) is 6.85. The molecule has 0 bridgehead atoms. The van der Waals surface area contributed by atoms with Crippen LogP contribution in [0, 0.1) is 0 Å². The van der Waals surface area contributed by atoms with E-state index in [1.807, 2.05) is 6.92 Å². The predicted octanol–water partition coefficient (Wildman–Crippen LogP) is 1.58. The van der Waals surface area contributed by atoms with Crippen LogP contribution in [0.25, 0.3) is 0 Å². The third kappa shape index (κ3) is 3.61. The number of hydrogen-bond acceptors (Lipinski definition) is 4. The highest BCUT2D eigenvalue weighted by atomic mass is 32.2. The largest absolute Gasteiger partial charge is 0.269 e. The molecule has 2 amide bonds. The van der Waals surface area contributed by atoms with Gasteiger partial charge in [0, 0.05) is 18.7 Å². The molecule has 0 aliphatic carbocycles. The van der Waals surface area contributed by atoms with Gasteiger partial charge in [0.25, 0.3) is 11.8 Å². The van der Waals surface area contributed by atoms with Gasteiger partial charge in [0.1, 0.15) is 0 Å². The van der Waals surface area contributed by atoms with Crippen LogP contribution in [0.1, 0.15) is 26.2 Å². The second-order valence-electron chi connectivity index (χ2n) is 4.94. The van der Waals surface area contributed by atoms with Crippen LogP contribution in [-0.2, 0) is 19.6 Å². The van der Waals surface area contributed by atoms with E-state index in [9.17, 15) is 18.0 Å². The minimum atomic E-state index is -3.56. The molecule has 1 aliphatic heterocycles. The Morgan fingerprint density at radius 1 is 1.00 bits per heavy atom. The highest BCUT2D eigenvalue weighted by Gasteiger charge is 2.25. The third-order valence-electron chi connectivity index (χ3n) is 3.29. The number of hydrogen-bond donors (Lipinski definition) is 1. The molecule has 0 fully saturated rings. The molecule has 1 N–H and O–H groups in total. The Morgan fingerprint density at radius 2 is 1.59 bits per heavy atom. The monoisotopic (exact) mass is 322 g/mol. The van der Waals surface area contributed by atoms with Gasteiger partial charge in [-0.15, -0.1) is 0 Å². The van der Waals surface area contributed by atoms with Crippen molar-refractivity contribution < 1.29 is 18.0 Å². The van der Waals surface area contributed by atoms with Gasteiger partial charge in [0.2, 0.25) is 10.0 Å². The van der Waals surface area contributed by atoms with Gasteiger partial charge >= 0.3 is 0 Å². The van der Waals surface area contributed by atoms with Crippen molar-refractivity contribution in [3.05, 3.63) is 36.4 Å². The molecule has 0 saturated carbocycles. The first-order chi connectivity index (χ1) is 10.5. The number of benzene rings is 1. The highest BCUT2D eigenvalue weighted by molar-refractivity contribution is 7.89. The summed E-state index contributed by atoms with van der Waals surface area (Å²) in [4.78, 5) is 24.2. The summed E-state index contributed by atoms with van der Waals surface area (Å²) in [5.41, 5.74) is 0.352. The van der Waals surface area contributed by atoms with Gasteiger partial charge < -0.3 is 0 Å². The molecular formula is C15H18N2O4S. The van der Waals surface area contributed by atoms with Crippen LogP contribution in [0.15, 0.2) is 41.3 Å². The van der Waals surface area contributed by atoms with Crippen molar-refractivity contribution in [1.82, 2.24) is 4.72 Å². The van der Waals surface area contributed by atoms with E-state index in [1.165, 1.54) is 36.4 Å². The molecule has 1 aromatic rings. The molecule has 22 heavy (non-hydrogen) atoms. The summed E-state index contributed by atoms with van der Waals surface area (Å²) < 4.78 is 26.7. The SMILES string of the molecule is CCCCCNS(=O)(=O)c1ccc(N2C(=O)C=CC2=O)cc1. The number of anilines is 1. The van der Waals surface area contributed by atoms with E-state index >= 15 is 0 Å². The first-order valence-corrected chi connectivity index (χ1v) is 8.60. The van der Waals surface area contributed by atoms with Crippen molar-refractivity contribution in [2.75, 3.05) is 11.4 Å². The fraction of sp³-hybridized carbons (Fsp3) is 0.333. The minimum Gasteiger partial charge on any atom is -0.269 e. The number of imide groups is 1. The summed E-state index contributed by atoms with van der Waals surface area (Å²) in [6.07, 6.45) is 5.14. The van der Waals surface area contributed by atoms with Crippen LogP contribution in [0.2, 0.25) is 0 Å². The summed E-state index contributed by atoms with van der Waals surface area (Å²) in [6.45, 7) is 2.44. The molecule has 1 aromatic carbocycles. The van der Waals surface area contributed by atoms with Gasteiger partial charge in [-0.2, -0.15) is 0 Å². The average Bonchev–Trinajstić information content (AvgIpc) is 2.83. The quantitative estimate of drug-likeness (QED) is 0.610. The zero-order chi connectivity index (χ0) is 16.2. The summed E-state index contributed by atoms with van der Waals surface area (Å²) in [6, 6.07) is 5.67. The number of carbonyl (C=O) groups excluding carboxylic acids is 2. The number of rotatable bonds is 7. The fourth-order valence-electron chi connectivity index (χ4n) is 2.09. The smallest absolute Gasteiger partial charge is 0.258 e. The van der Waals surface area contributed by atoms with Gasteiger partial charge in [-0.3, -0.25) is 9.59 Å². The Morgan fingerprint density at radius 3 is 2.14 bits per heavy atom. The Balaban J connectivity index is 2.08. The van der Waals surface area contributed by atoms with Gasteiger partial charge in [0.05, 0.1) is 10.6 Å². The van der Waals surface area contributed by atoms with Crippen molar-refractivity contribution in [1.29, 1.82) is 0 Å². The predicted molar refractivity (Wildman–Crippen MR) is 82.8 cm³/mol. The van der Waals surface area contributed by atoms with E-state index in [-0.39, 0.29) is 4.90 Å². The number of nitrogens with zero attached hydrogens (tertiary/aromatic N) is 1. The van der Waals surface area contributed by atoms with Crippen LogP contribution < -0.4 is 9.62 Å². The molecule has 1 heterocycles. The molecular weight excluding hydrogens is 304 g/mol. The summed E-state index contributed by atoms with van der Waals surface area (Å²) in [7, 11) is -3.56. The molecule has 0 spiro atoms. The van der Waals surface area contributed by atoms with Crippen LogP contribution in [-0.4, -0.2) is 26.8 Å². The molecule has 6 nitrogen and oxygen atoms in total. The zero-order valence-corrected chi connectivity index (χ0v) is 13.1. The molecule has 118 valence electrons. The first-order valence-electron chi connectivity index (χ1n) is 7.11. The maximum Gasteiger partial charge on any atom is 0.258 e. The summed E-state index contributed by atoms with van der Waals surface area (Å²) in [5, 5.41) is 0. The Bertz CT molecular complexity index is 675. The van der Waals surface area contributed by atoms with E-state index in [2.05, 4.69) is 4.72 Å². The maximum atomic E-state index is 12.1. The summed E-state index contributed by atoms with van der Waals surface area (Å²) >= 11 is 0. The lowest BCUT2D eigenvalue weighted by Gasteiger charge is -2.14. The molecule has 0 unspecified atom stereocenters. The van der Waals surface area contributed by atoms with Gasteiger partial charge in [-0.1, -0.05) is 19.8 Å². The van der Waals surface area contributed by atoms with Crippen LogP contribution >= 0.6 is 0 Å². The van der Waals surface area contributed by atoms with E-state index < -0.39 is 21.8 Å². The van der Waals surface area contributed by atoms with Gasteiger partial charge in [0.15, 0.2) is 0 Å². The zero-order valence-electron chi connectivity index (χ0n) is 12.3. The van der Waals surface area contributed by atoms with Crippen molar-refractivity contribution in [2.45, 2.75) is 31.1 Å². The lowest BCUT2D eigenvalue weighted by atomic mass is 10.3. The van der Waals surface area contributed by atoms with E-state index in [0.29, 0.717) is 12.2 Å². The van der Waals surface area contributed by atoms with E-state index in [1.54, 1.807) is 0 Å². The van der Waals surface area contributed by atoms with Crippen LogP contribution in [0.5, 0.6) is 0 Å². The van der Waals surface area contributed by atoms with Crippen molar-refractivity contribution >= 4 is 27.5 Å². The standard InChI is InChI=1S/C15H18N2O4S/c1-2-3-4-11-16-22(20,21)13-7-5-12(6-8-13)17-14(18)9-10-15(17)19/h5-10,16H,2-4,11H2,1H3. The topological polar surface area (TPSA) is 83.6 Å². The molecule has 0 aromatic heterocycles. The van der Waals surface area contributed by atoms with Crippen molar-refractivity contribution in [3.8, 4) is 0 Å². The highest BCUT2D eigenvalue weighted by Crippen LogP contribution is 2.21. The fourth-order valence-corrected chi connectivity index (χ4v) is 3.17. The van der Waals surface area contributed by atoms with E-state index in [4.69, 9.17) is 0 Å². The lowest BCUT2D eigenvalue weighted by Crippen LogP contribution is -2.29. The molecule has 0 saturated heterocycles. The number of carbonyl (C=O) groups is 2. The lowest BCUT2D eigenvalue weighted by molar-refractivity contribution is -0.119. The van der Waals surface area contributed by atoms with Crippen molar-refractivity contribution in [2.24, 2.45) is 0 Å². The summed E-state index contributed by atoms with van der Waals surface area (Å²) in [5.74, 6) is -0.864. The molecule has 7 heteroatoms. The Hall–Kier alpha value is -1.99. The Labute approximate surface area is 129 Å². The minimum absolute atomic E-state index is 0.111. The van der Waals surface area contributed by atoms with Crippen LogP contribution in [0.4, 0.5) is 5.69 Å². The average molecular weight is 322 g/mol. The van der Waals surface area contributed by atoms with Crippen LogP contribution in [0.3, 0.4) is 0 Å². The Kier molecular flexibility index (Phi) is 5.10. The molecule has 0 atom stereocenters. The van der Waals surface area contributed by atoms with Gasteiger partial charge in [-0.05, 0) is 30.7 Å². The maximum absolute atomic E-state index is 12.1. The number of sulfonamides is 1. The molecule has 2 rings (SSSR count). The van der Waals surface area contributed by atoms with E-state index in [0.717, 1.165) is 24.2 Å². The third-order valence-corrected chi connectivity index (χ3v) is 4.76. The number of nitrogens with one attached hydrogen (secondary N) is 1. The second-order valence-corrected chi connectivity index (χ2v) is 6.71. The normalized spacial score (nSPS) is 14.9. The number of unbranched alkanes of at least 4 members (excludes halogenated alkanes) is 2. The number of amides is 2. The molecule has 0 radical (unpaired) electrons. The first kappa shape index (κ1) is 16.4. The van der Waals surface area contributed by atoms with Gasteiger partial charge in [-0.25, -0.2) is 18.0 Å². The van der Waals surface area contributed by atoms with Crippen molar-refractivity contribution in [3.63, 3.8) is 0 Å². The molecule has 1 aliphatic rings.